The van der Waals surface area contributed by atoms with Crippen LogP contribution in [-0.2, 0) is 69.1 Å². The molecule has 0 amide bonds. The Kier molecular flexibility index (Phi) is 15.1. The van der Waals surface area contributed by atoms with Gasteiger partial charge in [-0.1, -0.05) is 178 Å². The smallest absolute Gasteiger partial charge is 0.184 e. The molecule has 0 spiro atoms. The van der Waals surface area contributed by atoms with Crippen molar-refractivity contribution >= 4 is 0 Å². The third-order valence-electron chi connectivity index (χ3n) is 16.0. The van der Waals surface area contributed by atoms with Crippen molar-refractivity contribution in [2.24, 2.45) is 21.9 Å². The SMILES string of the molecule is CC1(C)[C@H]2CC[C@]1(C)[C@H](O[C@H]1[C@@H](O)[C@H](O[C@H]3O[C@@H]4CO[C@@H](c5ccccc5)O[C@H]4[C@H](OCc4ccccc4)[C@H]3N=[N+]=[N-])[C@@H](OCc3ccccc3)[C@H](OCc3ccccc3)[C@H]1OCc1ccccc1)C2. The molecule has 5 fully saturated rings. The van der Waals surface area contributed by atoms with Gasteiger partial charge in [-0.3, -0.25) is 0 Å². The second-order valence-corrected chi connectivity index (χ2v) is 20.3. The molecule has 13 nitrogen and oxygen atoms in total. The van der Waals surface area contributed by atoms with Gasteiger partial charge in [0.2, 0.25) is 0 Å². The Hall–Kier alpha value is -4.99. The van der Waals surface area contributed by atoms with E-state index in [1.165, 1.54) is 0 Å². The fourth-order valence-corrected chi connectivity index (χ4v) is 11.6. The van der Waals surface area contributed by atoms with Gasteiger partial charge < -0.3 is 47.7 Å². The van der Waals surface area contributed by atoms with Gasteiger partial charge in [0.25, 0.3) is 0 Å². The minimum atomic E-state index is -1.35. The summed E-state index contributed by atoms with van der Waals surface area (Å²) in [6, 6.07) is 48.2. The van der Waals surface area contributed by atoms with Crippen molar-refractivity contribution in [3.63, 3.8) is 0 Å². The molecule has 0 aromatic heterocycles. The molecular weight excluding hydrogens is 887 g/mol. The summed E-state index contributed by atoms with van der Waals surface area (Å²) in [6.45, 7) is 7.95. The average Bonchev–Trinajstić information content (AvgIpc) is 3.73. The second-order valence-electron chi connectivity index (χ2n) is 20.3. The molecule has 3 aliphatic carbocycles. The Labute approximate surface area is 410 Å². The maximum Gasteiger partial charge on any atom is 0.184 e. The lowest BCUT2D eigenvalue weighted by Crippen LogP contribution is -2.69. The summed E-state index contributed by atoms with van der Waals surface area (Å²) in [5, 5.41) is 17.6. The highest BCUT2D eigenvalue weighted by atomic mass is 16.8. The molecule has 3 saturated carbocycles. The van der Waals surface area contributed by atoms with E-state index < -0.39 is 73.6 Å². The normalized spacial score (nSPS) is 34.3. The number of nitrogens with zero attached hydrogens (tertiary/aromatic N) is 3. The fourth-order valence-electron chi connectivity index (χ4n) is 11.6. The molecule has 5 aromatic carbocycles. The summed E-state index contributed by atoms with van der Waals surface area (Å²) in [5.74, 6) is 0.466. The van der Waals surface area contributed by atoms with Crippen LogP contribution >= 0.6 is 0 Å². The van der Waals surface area contributed by atoms with E-state index >= 15 is 0 Å². The summed E-state index contributed by atoms with van der Waals surface area (Å²) >= 11 is 0. The van der Waals surface area contributed by atoms with Gasteiger partial charge in [0.15, 0.2) is 12.6 Å². The van der Waals surface area contributed by atoms with Crippen molar-refractivity contribution in [2.45, 2.75) is 146 Å². The molecule has 2 bridgehead atoms. The third-order valence-corrected chi connectivity index (χ3v) is 16.0. The fraction of sp³-hybridized carbons (Fsp3) is 0.474. The van der Waals surface area contributed by atoms with Crippen LogP contribution in [0.15, 0.2) is 157 Å². The number of hydrogen-bond acceptors (Lipinski definition) is 11. The predicted molar refractivity (Wildman–Crippen MR) is 260 cm³/mol. The predicted octanol–water partition coefficient (Wildman–Crippen LogP) is 10.2. The highest BCUT2D eigenvalue weighted by molar-refractivity contribution is 5.20. The minimum absolute atomic E-state index is 0.0194. The number of aliphatic hydroxyl groups is 1. The lowest BCUT2D eigenvalue weighted by molar-refractivity contribution is -0.369. The topological polar surface area (TPSA) is 152 Å². The lowest BCUT2D eigenvalue weighted by atomic mass is 9.70. The largest absolute Gasteiger partial charge is 0.387 e. The van der Waals surface area contributed by atoms with E-state index in [0.29, 0.717) is 5.92 Å². The number of aliphatic hydroxyl groups excluding tert-OH is 1. The molecule has 368 valence electrons. The highest BCUT2D eigenvalue weighted by Gasteiger charge is 2.64. The van der Waals surface area contributed by atoms with Crippen molar-refractivity contribution in [2.75, 3.05) is 6.61 Å². The number of hydrogen-bond donors (Lipinski definition) is 1. The van der Waals surface area contributed by atoms with Crippen molar-refractivity contribution in [3.05, 3.63) is 190 Å². The van der Waals surface area contributed by atoms with E-state index in [2.05, 4.69) is 30.8 Å². The molecule has 2 saturated heterocycles. The molecule has 15 atom stereocenters. The van der Waals surface area contributed by atoms with E-state index in [9.17, 15) is 10.6 Å². The molecular formula is C57H65N3O10. The monoisotopic (exact) mass is 951 g/mol. The average molecular weight is 952 g/mol. The first-order valence-electron chi connectivity index (χ1n) is 24.8. The van der Waals surface area contributed by atoms with Crippen LogP contribution in [0.5, 0.6) is 0 Å². The van der Waals surface area contributed by atoms with Gasteiger partial charge in [-0.05, 0) is 63.8 Å². The van der Waals surface area contributed by atoms with E-state index in [4.69, 9.17) is 42.6 Å². The second kappa shape index (κ2) is 21.8. The first-order chi connectivity index (χ1) is 34.2. The third kappa shape index (κ3) is 10.2. The number of ether oxygens (including phenoxy) is 9. The van der Waals surface area contributed by atoms with Gasteiger partial charge in [-0.25, -0.2) is 0 Å². The lowest BCUT2D eigenvalue weighted by Gasteiger charge is -2.53. The Morgan fingerprint density at radius 2 is 1.06 bits per heavy atom. The van der Waals surface area contributed by atoms with Gasteiger partial charge in [0.1, 0.15) is 61.0 Å². The molecule has 1 N–H and O–H groups in total. The minimum Gasteiger partial charge on any atom is -0.387 e. The zero-order chi connectivity index (χ0) is 48.1. The summed E-state index contributed by atoms with van der Waals surface area (Å²) in [7, 11) is 0. The summed E-state index contributed by atoms with van der Waals surface area (Å²) in [4.78, 5) is 3.34. The van der Waals surface area contributed by atoms with E-state index in [1.54, 1.807) is 0 Å². The molecule has 2 aliphatic heterocycles. The maximum atomic E-state index is 13.3. The summed E-state index contributed by atoms with van der Waals surface area (Å²) < 4.78 is 62.3. The zero-order valence-electron chi connectivity index (χ0n) is 40.1. The van der Waals surface area contributed by atoms with Gasteiger partial charge in [0, 0.05) is 10.5 Å². The standard InChI is InChI=1S/C57H65N3O10/c1-56(2)42-29-30-57(56,3)44(31-42)68-49-46(61)50(52(64-34-39-23-13-6-14-24-39)53(65-35-40-25-15-7-16-26-40)51(49)63-33-38-21-11-5-12-22-38)70-55-45(59-60-58)48(62-32-37-19-9-4-10-20-37)47-43(67-55)36-66-54(69-47)41-27-17-8-18-28-41/h4-28,42-55,61H,29-36H2,1-3H3/t42-,43+,44+,45+,46+,47+,48+,49-,50-,51-,52+,53+,54+,55+,57+/m0/s1. The number of fused-ring (bicyclic) bond motifs is 3. The molecule has 70 heavy (non-hydrogen) atoms. The molecule has 5 aromatic rings. The maximum absolute atomic E-state index is 13.3. The zero-order valence-corrected chi connectivity index (χ0v) is 40.1. The number of rotatable bonds is 18. The Morgan fingerprint density at radius 1 is 0.600 bits per heavy atom. The Morgan fingerprint density at radius 3 is 1.51 bits per heavy atom. The van der Waals surface area contributed by atoms with Gasteiger partial charge in [-0.15, -0.1) is 0 Å². The molecule has 10 rings (SSSR count). The van der Waals surface area contributed by atoms with Crippen LogP contribution in [0.25, 0.3) is 10.4 Å². The van der Waals surface area contributed by atoms with Crippen molar-refractivity contribution in [1.29, 1.82) is 0 Å². The van der Waals surface area contributed by atoms with Crippen LogP contribution < -0.4 is 0 Å². The van der Waals surface area contributed by atoms with Crippen molar-refractivity contribution in [1.82, 2.24) is 0 Å². The van der Waals surface area contributed by atoms with Crippen LogP contribution in [0.3, 0.4) is 0 Å². The van der Waals surface area contributed by atoms with Gasteiger partial charge in [0.05, 0.1) is 39.1 Å². The van der Waals surface area contributed by atoms with Crippen molar-refractivity contribution in [3.8, 4) is 0 Å². The number of benzene rings is 5. The molecule has 2 heterocycles. The van der Waals surface area contributed by atoms with Crippen LogP contribution in [0.2, 0.25) is 0 Å². The van der Waals surface area contributed by atoms with E-state index in [1.807, 2.05) is 152 Å². The first-order valence-corrected chi connectivity index (χ1v) is 24.8. The molecule has 5 aliphatic rings. The van der Waals surface area contributed by atoms with Crippen LogP contribution in [0, 0.1) is 16.7 Å². The molecule has 0 unspecified atom stereocenters. The van der Waals surface area contributed by atoms with Crippen LogP contribution in [-0.4, -0.2) is 85.1 Å². The van der Waals surface area contributed by atoms with Crippen LogP contribution in [0.4, 0.5) is 0 Å². The highest BCUT2D eigenvalue weighted by Crippen LogP contribution is 2.66. The van der Waals surface area contributed by atoms with E-state index in [0.717, 1.165) is 47.1 Å². The van der Waals surface area contributed by atoms with Gasteiger partial charge >= 0.3 is 0 Å². The van der Waals surface area contributed by atoms with Gasteiger partial charge in [-0.2, -0.15) is 0 Å². The molecule has 13 heteroatoms. The van der Waals surface area contributed by atoms with Crippen molar-refractivity contribution < 1.29 is 47.7 Å². The Bertz CT molecular complexity index is 2470. The Balaban J connectivity index is 1.04. The van der Waals surface area contributed by atoms with E-state index in [-0.39, 0.29) is 50.0 Å². The number of azide groups is 1. The summed E-state index contributed by atoms with van der Waals surface area (Å²) in [5.41, 5.74) is 14.7. The first kappa shape index (κ1) is 48.6. The quantitative estimate of drug-likeness (QED) is 0.0510. The summed E-state index contributed by atoms with van der Waals surface area (Å²) in [6.07, 6.45) is -7.59. The molecule has 0 radical (unpaired) electrons. The van der Waals surface area contributed by atoms with Crippen LogP contribution in [0.1, 0.15) is 74.1 Å².